The summed E-state index contributed by atoms with van der Waals surface area (Å²) in [5.41, 5.74) is 0.799. The molecule has 0 aliphatic carbocycles. The van der Waals surface area contributed by atoms with Crippen molar-refractivity contribution in [2.75, 3.05) is 20.3 Å². The molecule has 1 amide bonds. The molecule has 0 atom stereocenters. The van der Waals surface area contributed by atoms with E-state index >= 15 is 0 Å². The Bertz CT molecular complexity index is 994. The van der Waals surface area contributed by atoms with Crippen LogP contribution in [0, 0.1) is 5.82 Å². The van der Waals surface area contributed by atoms with Gasteiger partial charge in [0, 0.05) is 13.2 Å². The molecule has 0 fully saturated rings. The minimum atomic E-state index is -0.431. The Balaban J connectivity index is 2.11. The lowest BCUT2D eigenvalue weighted by Gasteiger charge is -2.06. The molecule has 7 heteroatoms. The van der Waals surface area contributed by atoms with Crippen molar-refractivity contribution < 1.29 is 18.7 Å². The molecule has 3 aromatic rings. The van der Waals surface area contributed by atoms with Crippen LogP contribution in [0.5, 0.6) is 5.75 Å². The summed E-state index contributed by atoms with van der Waals surface area (Å²) in [4.78, 5) is 17.3. The fourth-order valence-electron chi connectivity index (χ4n) is 2.65. The molecule has 0 unspecified atom stereocenters. The number of hydrogen-bond donors (Lipinski definition) is 0. The lowest BCUT2D eigenvalue weighted by atomic mass is 10.2. The first-order chi connectivity index (χ1) is 12.7. The van der Waals surface area contributed by atoms with Crippen molar-refractivity contribution in [3.8, 4) is 5.75 Å². The number of carbonyl (C=O) groups is 1. The summed E-state index contributed by atoms with van der Waals surface area (Å²) in [5.74, 6) is -0.324. The van der Waals surface area contributed by atoms with Gasteiger partial charge in [-0.15, -0.1) is 0 Å². The molecule has 3 rings (SSSR count). The molecule has 2 aromatic carbocycles. The van der Waals surface area contributed by atoms with Crippen LogP contribution in [0.4, 0.5) is 4.39 Å². The zero-order valence-electron chi connectivity index (χ0n) is 14.6. The number of rotatable bonds is 6. The van der Waals surface area contributed by atoms with E-state index in [4.69, 9.17) is 9.47 Å². The maximum atomic E-state index is 14.3. The minimum absolute atomic E-state index is 0.346. The number of fused-ring (bicyclic) bond motifs is 1. The van der Waals surface area contributed by atoms with Crippen LogP contribution in [0.2, 0.25) is 0 Å². The number of halogens is 1. The topological polar surface area (TPSA) is 52.8 Å². The van der Waals surface area contributed by atoms with Gasteiger partial charge in [0.05, 0.1) is 29.5 Å². The Morgan fingerprint density at radius 2 is 2.04 bits per heavy atom. The highest BCUT2D eigenvalue weighted by atomic mass is 32.1. The average Bonchev–Trinajstić information content (AvgIpc) is 3.00. The number of thiazole rings is 1. The number of para-hydroxylation sites is 2. The zero-order chi connectivity index (χ0) is 18.5. The molecule has 0 radical (unpaired) electrons. The van der Waals surface area contributed by atoms with Gasteiger partial charge in [0.25, 0.3) is 5.91 Å². The van der Waals surface area contributed by atoms with E-state index in [0.717, 1.165) is 4.70 Å². The Morgan fingerprint density at radius 3 is 2.81 bits per heavy atom. The number of benzene rings is 2. The van der Waals surface area contributed by atoms with Gasteiger partial charge in [-0.05, 0) is 31.2 Å². The zero-order valence-corrected chi connectivity index (χ0v) is 15.4. The number of methoxy groups -OCH3 is 1. The van der Waals surface area contributed by atoms with E-state index in [1.165, 1.54) is 24.5 Å². The highest BCUT2D eigenvalue weighted by Crippen LogP contribution is 2.21. The van der Waals surface area contributed by atoms with E-state index in [2.05, 4.69) is 4.99 Å². The number of nitrogens with zero attached hydrogens (tertiary/aromatic N) is 2. The third kappa shape index (κ3) is 3.68. The number of ether oxygens (including phenoxy) is 2. The minimum Gasteiger partial charge on any atom is -0.496 e. The van der Waals surface area contributed by atoms with Crippen LogP contribution in [0.1, 0.15) is 17.3 Å². The summed E-state index contributed by atoms with van der Waals surface area (Å²) in [7, 11) is 1.50. The van der Waals surface area contributed by atoms with Crippen LogP contribution in [0.15, 0.2) is 47.5 Å². The molecule has 0 bridgehead atoms. The first-order valence-corrected chi connectivity index (χ1v) is 9.05. The van der Waals surface area contributed by atoms with Crippen molar-refractivity contribution >= 4 is 27.5 Å². The van der Waals surface area contributed by atoms with Gasteiger partial charge in [-0.25, -0.2) is 4.39 Å². The maximum absolute atomic E-state index is 14.3. The molecule has 0 saturated heterocycles. The molecule has 0 N–H and O–H groups in total. The fraction of sp³-hybridized carbons (Fsp3) is 0.263. The number of amides is 1. The van der Waals surface area contributed by atoms with E-state index in [-0.39, 0.29) is 5.82 Å². The van der Waals surface area contributed by atoms with E-state index < -0.39 is 5.91 Å². The predicted octanol–water partition coefficient (Wildman–Crippen LogP) is 3.63. The van der Waals surface area contributed by atoms with Crippen LogP contribution in [-0.2, 0) is 11.3 Å². The summed E-state index contributed by atoms with van der Waals surface area (Å²) < 4.78 is 27.4. The van der Waals surface area contributed by atoms with Gasteiger partial charge in [-0.1, -0.05) is 29.5 Å². The lowest BCUT2D eigenvalue weighted by molar-refractivity contribution is 0.0993. The Labute approximate surface area is 154 Å². The molecule has 0 spiro atoms. The van der Waals surface area contributed by atoms with Crippen molar-refractivity contribution in [2.24, 2.45) is 4.99 Å². The lowest BCUT2D eigenvalue weighted by Crippen LogP contribution is -2.20. The first-order valence-electron chi connectivity index (χ1n) is 8.23. The average molecular weight is 374 g/mol. The predicted molar refractivity (Wildman–Crippen MR) is 99.2 cm³/mol. The number of hydrogen-bond acceptors (Lipinski definition) is 4. The van der Waals surface area contributed by atoms with Gasteiger partial charge >= 0.3 is 0 Å². The van der Waals surface area contributed by atoms with Gasteiger partial charge in [0.1, 0.15) is 11.6 Å². The smallest absolute Gasteiger partial charge is 0.283 e. The van der Waals surface area contributed by atoms with Crippen molar-refractivity contribution in [1.29, 1.82) is 0 Å². The Kier molecular flexibility index (Phi) is 5.80. The summed E-state index contributed by atoms with van der Waals surface area (Å²) in [6.45, 7) is 3.28. The van der Waals surface area contributed by atoms with Gasteiger partial charge in [0.15, 0.2) is 4.80 Å². The van der Waals surface area contributed by atoms with Crippen molar-refractivity contribution in [3.05, 3.63) is 58.6 Å². The molecular formula is C19H19FN2O3S. The molecule has 1 heterocycles. The van der Waals surface area contributed by atoms with Gasteiger partial charge < -0.3 is 14.0 Å². The van der Waals surface area contributed by atoms with E-state index in [0.29, 0.717) is 41.4 Å². The van der Waals surface area contributed by atoms with Crippen LogP contribution >= 0.6 is 11.3 Å². The molecule has 26 heavy (non-hydrogen) atoms. The van der Waals surface area contributed by atoms with E-state index in [1.54, 1.807) is 34.9 Å². The molecule has 0 saturated carbocycles. The molecule has 136 valence electrons. The van der Waals surface area contributed by atoms with E-state index in [9.17, 15) is 9.18 Å². The van der Waals surface area contributed by atoms with E-state index in [1.807, 2.05) is 13.0 Å². The molecule has 1 aromatic heterocycles. The maximum Gasteiger partial charge on any atom is 0.283 e. The second-order valence-electron chi connectivity index (χ2n) is 5.44. The standard InChI is InChI=1S/C19H19FN2O3S/c1-3-25-12-11-22-17-14(20)8-6-10-16(17)26-19(22)21-18(23)13-7-4-5-9-15(13)24-2/h4-10H,3,11-12H2,1-2H3. The van der Waals surface area contributed by atoms with Crippen LogP contribution in [-0.4, -0.2) is 30.8 Å². The summed E-state index contributed by atoms with van der Waals surface area (Å²) in [6, 6.07) is 11.8. The van der Waals surface area contributed by atoms with Gasteiger partial charge in [-0.3, -0.25) is 4.79 Å². The summed E-state index contributed by atoms with van der Waals surface area (Å²) in [5, 5.41) is 0. The fourth-order valence-corrected chi connectivity index (χ4v) is 3.72. The molecule has 0 aliphatic rings. The van der Waals surface area contributed by atoms with Crippen LogP contribution in [0.3, 0.4) is 0 Å². The van der Waals surface area contributed by atoms with Crippen LogP contribution in [0.25, 0.3) is 10.2 Å². The van der Waals surface area contributed by atoms with Crippen molar-refractivity contribution in [3.63, 3.8) is 0 Å². The quantitative estimate of drug-likeness (QED) is 0.619. The number of carbonyl (C=O) groups excluding carboxylic acids is 1. The van der Waals surface area contributed by atoms with Gasteiger partial charge in [-0.2, -0.15) is 4.99 Å². The van der Waals surface area contributed by atoms with Crippen molar-refractivity contribution in [2.45, 2.75) is 13.5 Å². The largest absolute Gasteiger partial charge is 0.496 e. The third-order valence-corrected chi connectivity index (χ3v) is 4.89. The monoisotopic (exact) mass is 374 g/mol. The Morgan fingerprint density at radius 1 is 1.23 bits per heavy atom. The first kappa shape index (κ1) is 18.3. The second kappa shape index (κ2) is 8.25. The molecule has 5 nitrogen and oxygen atoms in total. The van der Waals surface area contributed by atoms with Gasteiger partial charge in [0.2, 0.25) is 0 Å². The summed E-state index contributed by atoms with van der Waals surface area (Å²) >= 11 is 1.27. The Hall–Kier alpha value is -2.51. The highest BCUT2D eigenvalue weighted by molar-refractivity contribution is 7.16. The summed E-state index contributed by atoms with van der Waals surface area (Å²) in [6.07, 6.45) is 0. The van der Waals surface area contributed by atoms with Crippen molar-refractivity contribution in [1.82, 2.24) is 4.57 Å². The highest BCUT2D eigenvalue weighted by Gasteiger charge is 2.14. The number of aromatic nitrogens is 1. The second-order valence-corrected chi connectivity index (χ2v) is 6.45. The molecular weight excluding hydrogens is 355 g/mol. The van der Waals surface area contributed by atoms with Crippen LogP contribution < -0.4 is 9.54 Å². The SMILES string of the molecule is CCOCCn1c(=NC(=O)c2ccccc2OC)sc2cccc(F)c21. The molecule has 0 aliphatic heterocycles. The third-order valence-electron chi connectivity index (χ3n) is 3.85. The normalized spacial score (nSPS) is 11.9.